The van der Waals surface area contributed by atoms with Gasteiger partial charge in [0.25, 0.3) is 5.91 Å². The molecule has 20 heavy (non-hydrogen) atoms. The standard InChI is InChI=1S/C15H19N3OS/c1-3-6-16-13-4-7-17-14(9-13)15(19)18-11(2)12-5-8-20-10-12/h4-5,7-11H,3,6H2,1-2H3,(H,16,17)(H,18,19). The van der Waals surface area contributed by atoms with Gasteiger partial charge in [0.2, 0.25) is 0 Å². The molecule has 0 spiro atoms. The minimum atomic E-state index is -0.149. The van der Waals surface area contributed by atoms with E-state index in [0.29, 0.717) is 5.69 Å². The summed E-state index contributed by atoms with van der Waals surface area (Å²) in [5, 5.41) is 10.3. The van der Waals surface area contributed by atoms with E-state index in [0.717, 1.165) is 24.2 Å². The highest BCUT2D eigenvalue weighted by molar-refractivity contribution is 7.07. The van der Waals surface area contributed by atoms with Gasteiger partial charge in [-0.25, -0.2) is 0 Å². The van der Waals surface area contributed by atoms with Crippen LogP contribution in [0.3, 0.4) is 0 Å². The topological polar surface area (TPSA) is 54.0 Å². The summed E-state index contributed by atoms with van der Waals surface area (Å²) in [6.45, 7) is 4.96. The molecule has 2 N–H and O–H groups in total. The Morgan fingerprint density at radius 3 is 3.00 bits per heavy atom. The van der Waals surface area contributed by atoms with Gasteiger partial charge < -0.3 is 10.6 Å². The number of hydrogen-bond acceptors (Lipinski definition) is 4. The van der Waals surface area contributed by atoms with Gasteiger partial charge in [-0.05, 0) is 47.9 Å². The second-order valence-electron chi connectivity index (χ2n) is 4.61. The molecule has 0 bridgehead atoms. The van der Waals surface area contributed by atoms with Crippen molar-refractivity contribution in [1.82, 2.24) is 10.3 Å². The molecule has 5 heteroatoms. The second kappa shape index (κ2) is 7.05. The summed E-state index contributed by atoms with van der Waals surface area (Å²) in [5.41, 5.74) is 2.48. The molecule has 0 saturated heterocycles. The lowest BCUT2D eigenvalue weighted by Crippen LogP contribution is -2.27. The fraction of sp³-hybridized carbons (Fsp3) is 0.333. The highest BCUT2D eigenvalue weighted by atomic mass is 32.1. The number of pyridine rings is 1. The van der Waals surface area contributed by atoms with Gasteiger partial charge >= 0.3 is 0 Å². The quantitative estimate of drug-likeness (QED) is 0.856. The zero-order chi connectivity index (χ0) is 14.4. The van der Waals surface area contributed by atoms with Crippen LogP contribution in [0.1, 0.15) is 42.4 Å². The number of carbonyl (C=O) groups is 1. The average Bonchev–Trinajstić information content (AvgIpc) is 2.99. The van der Waals surface area contributed by atoms with Crippen molar-refractivity contribution >= 4 is 22.9 Å². The number of rotatable bonds is 6. The summed E-state index contributed by atoms with van der Waals surface area (Å²) in [7, 11) is 0. The van der Waals surface area contributed by atoms with Crippen LogP contribution in [0.5, 0.6) is 0 Å². The van der Waals surface area contributed by atoms with Gasteiger partial charge in [-0.3, -0.25) is 9.78 Å². The highest BCUT2D eigenvalue weighted by Gasteiger charge is 2.13. The summed E-state index contributed by atoms with van der Waals surface area (Å²) in [5.74, 6) is -0.149. The lowest BCUT2D eigenvalue weighted by atomic mass is 10.2. The fourth-order valence-corrected chi connectivity index (χ4v) is 2.56. The van der Waals surface area contributed by atoms with Crippen LogP contribution in [0.4, 0.5) is 5.69 Å². The van der Waals surface area contributed by atoms with Gasteiger partial charge in [-0.15, -0.1) is 0 Å². The van der Waals surface area contributed by atoms with Crippen molar-refractivity contribution in [2.75, 3.05) is 11.9 Å². The summed E-state index contributed by atoms with van der Waals surface area (Å²) in [6.07, 6.45) is 2.70. The second-order valence-corrected chi connectivity index (χ2v) is 5.39. The Morgan fingerprint density at radius 2 is 2.30 bits per heavy atom. The third kappa shape index (κ3) is 3.81. The first kappa shape index (κ1) is 14.5. The van der Waals surface area contributed by atoms with E-state index >= 15 is 0 Å². The number of anilines is 1. The molecule has 2 aromatic rings. The van der Waals surface area contributed by atoms with Crippen LogP contribution in [0, 0.1) is 0 Å². The summed E-state index contributed by atoms with van der Waals surface area (Å²) in [6, 6.07) is 5.66. The van der Waals surface area contributed by atoms with E-state index in [1.807, 2.05) is 29.8 Å². The van der Waals surface area contributed by atoms with Gasteiger partial charge in [0.1, 0.15) is 5.69 Å². The van der Waals surface area contributed by atoms with E-state index in [9.17, 15) is 4.79 Å². The molecule has 0 aromatic carbocycles. The Balaban J connectivity index is 2.01. The van der Waals surface area contributed by atoms with Gasteiger partial charge in [0.15, 0.2) is 0 Å². The smallest absolute Gasteiger partial charge is 0.270 e. The van der Waals surface area contributed by atoms with Crippen LogP contribution in [0.25, 0.3) is 0 Å². The number of thiophene rings is 1. The Labute approximate surface area is 123 Å². The summed E-state index contributed by atoms with van der Waals surface area (Å²) in [4.78, 5) is 16.3. The van der Waals surface area contributed by atoms with Crippen LogP contribution in [-0.4, -0.2) is 17.4 Å². The monoisotopic (exact) mass is 289 g/mol. The number of amides is 1. The van der Waals surface area contributed by atoms with Crippen molar-refractivity contribution in [1.29, 1.82) is 0 Å². The van der Waals surface area contributed by atoms with E-state index in [1.54, 1.807) is 23.6 Å². The van der Waals surface area contributed by atoms with Crippen molar-refractivity contribution in [2.45, 2.75) is 26.3 Å². The van der Waals surface area contributed by atoms with Crippen molar-refractivity contribution in [3.8, 4) is 0 Å². The average molecular weight is 289 g/mol. The minimum absolute atomic E-state index is 0.0113. The molecule has 106 valence electrons. The van der Waals surface area contributed by atoms with E-state index in [1.165, 1.54) is 0 Å². The number of hydrogen-bond donors (Lipinski definition) is 2. The molecule has 1 atom stereocenters. The van der Waals surface area contributed by atoms with E-state index in [2.05, 4.69) is 22.5 Å². The maximum atomic E-state index is 12.2. The normalized spacial score (nSPS) is 11.9. The lowest BCUT2D eigenvalue weighted by Gasteiger charge is -2.13. The molecular weight excluding hydrogens is 270 g/mol. The Kier molecular flexibility index (Phi) is 5.12. The first-order chi connectivity index (χ1) is 9.70. The van der Waals surface area contributed by atoms with Crippen molar-refractivity contribution < 1.29 is 4.79 Å². The third-order valence-electron chi connectivity index (χ3n) is 2.96. The number of nitrogens with zero attached hydrogens (tertiary/aromatic N) is 1. The third-order valence-corrected chi connectivity index (χ3v) is 3.66. The number of nitrogens with one attached hydrogen (secondary N) is 2. The molecule has 1 amide bonds. The molecule has 2 aromatic heterocycles. The minimum Gasteiger partial charge on any atom is -0.385 e. The van der Waals surface area contributed by atoms with E-state index < -0.39 is 0 Å². The molecule has 0 radical (unpaired) electrons. The van der Waals surface area contributed by atoms with Crippen molar-refractivity contribution in [3.63, 3.8) is 0 Å². The predicted octanol–water partition coefficient (Wildman–Crippen LogP) is 3.46. The van der Waals surface area contributed by atoms with Crippen LogP contribution in [0.2, 0.25) is 0 Å². The Morgan fingerprint density at radius 1 is 1.45 bits per heavy atom. The van der Waals surface area contributed by atoms with Crippen molar-refractivity contribution in [2.24, 2.45) is 0 Å². The maximum absolute atomic E-state index is 12.2. The molecule has 0 aliphatic carbocycles. The lowest BCUT2D eigenvalue weighted by molar-refractivity contribution is 0.0935. The molecular formula is C15H19N3OS. The maximum Gasteiger partial charge on any atom is 0.270 e. The Hall–Kier alpha value is -1.88. The van der Waals surface area contributed by atoms with Crippen LogP contribution in [0.15, 0.2) is 35.2 Å². The first-order valence-corrected chi connectivity index (χ1v) is 7.68. The first-order valence-electron chi connectivity index (χ1n) is 6.73. The van der Waals surface area contributed by atoms with Gasteiger partial charge in [-0.1, -0.05) is 6.92 Å². The van der Waals surface area contributed by atoms with Crippen LogP contribution < -0.4 is 10.6 Å². The predicted molar refractivity (Wildman–Crippen MR) is 83.2 cm³/mol. The highest BCUT2D eigenvalue weighted by Crippen LogP contribution is 2.16. The van der Waals surface area contributed by atoms with Crippen LogP contribution >= 0.6 is 11.3 Å². The zero-order valence-corrected chi connectivity index (χ0v) is 12.5. The molecule has 2 rings (SSSR count). The van der Waals surface area contributed by atoms with Crippen molar-refractivity contribution in [3.05, 3.63) is 46.4 Å². The molecule has 4 nitrogen and oxygen atoms in total. The van der Waals surface area contributed by atoms with E-state index in [-0.39, 0.29) is 11.9 Å². The van der Waals surface area contributed by atoms with Gasteiger partial charge in [-0.2, -0.15) is 11.3 Å². The molecule has 2 heterocycles. The molecule has 0 fully saturated rings. The van der Waals surface area contributed by atoms with Gasteiger partial charge in [0.05, 0.1) is 6.04 Å². The summed E-state index contributed by atoms with van der Waals surface area (Å²) >= 11 is 1.63. The van der Waals surface area contributed by atoms with Crippen LogP contribution in [-0.2, 0) is 0 Å². The molecule has 0 aliphatic heterocycles. The van der Waals surface area contributed by atoms with E-state index in [4.69, 9.17) is 0 Å². The summed E-state index contributed by atoms with van der Waals surface area (Å²) < 4.78 is 0. The molecule has 0 aliphatic rings. The Bertz CT molecular complexity index is 554. The fourth-order valence-electron chi connectivity index (χ4n) is 1.81. The SMILES string of the molecule is CCCNc1ccnc(C(=O)NC(C)c2ccsc2)c1. The van der Waals surface area contributed by atoms with Gasteiger partial charge in [0, 0.05) is 18.4 Å². The molecule has 0 saturated carbocycles. The number of aromatic nitrogens is 1. The zero-order valence-electron chi connectivity index (χ0n) is 11.7. The molecule has 1 unspecified atom stereocenters. The number of carbonyl (C=O) groups excluding carboxylic acids is 1. The largest absolute Gasteiger partial charge is 0.385 e.